The number of nitrogens with one attached hydrogen (secondary N) is 1. The van der Waals surface area contributed by atoms with Crippen molar-refractivity contribution >= 4 is 33.8 Å². The van der Waals surface area contributed by atoms with Crippen LogP contribution in [0, 0.1) is 0 Å². The van der Waals surface area contributed by atoms with Crippen molar-refractivity contribution in [3.63, 3.8) is 0 Å². The topological polar surface area (TPSA) is 97.8 Å². The lowest BCUT2D eigenvalue weighted by atomic mass is 9.98. The Kier molecular flexibility index (Phi) is 4.84. The number of para-hydroxylation sites is 1. The van der Waals surface area contributed by atoms with Crippen molar-refractivity contribution in [1.29, 1.82) is 0 Å². The average Bonchev–Trinajstić information content (AvgIpc) is 3.37. The highest BCUT2D eigenvalue weighted by atomic mass is 32.2. The van der Waals surface area contributed by atoms with Crippen molar-refractivity contribution in [3.8, 4) is 0 Å². The van der Waals surface area contributed by atoms with Gasteiger partial charge in [0.15, 0.2) is 0 Å². The Bertz CT molecular complexity index is 1370. The fourth-order valence-electron chi connectivity index (χ4n) is 3.39. The molecule has 3 aromatic heterocycles. The lowest BCUT2D eigenvalue weighted by Gasteiger charge is -2.08. The van der Waals surface area contributed by atoms with Crippen LogP contribution in [-0.4, -0.2) is 20.2 Å². The summed E-state index contributed by atoms with van der Waals surface area (Å²) in [6, 6.07) is 17.7. The first-order chi connectivity index (χ1) is 14.7. The predicted molar refractivity (Wildman–Crippen MR) is 115 cm³/mol. The van der Waals surface area contributed by atoms with E-state index in [4.69, 9.17) is 8.83 Å². The number of nitrogens with zero attached hydrogens (tertiary/aromatic N) is 3. The summed E-state index contributed by atoms with van der Waals surface area (Å²) in [4.78, 5) is 19.7. The highest BCUT2D eigenvalue weighted by Gasteiger charge is 2.15. The van der Waals surface area contributed by atoms with Gasteiger partial charge in [0.1, 0.15) is 16.9 Å². The molecule has 5 aromatic rings. The number of hydrogen-bond acceptors (Lipinski definition) is 7. The number of hydrogen-bond donors (Lipinski definition) is 1. The highest BCUT2D eigenvalue weighted by Crippen LogP contribution is 2.27. The lowest BCUT2D eigenvalue weighted by Crippen LogP contribution is -2.10. The molecule has 3 heterocycles. The number of aromatic amines is 1. The molecule has 0 bridgehead atoms. The molecule has 0 spiro atoms. The number of fused-ring (bicyclic) bond motifs is 3. The van der Waals surface area contributed by atoms with Crippen LogP contribution in [0.1, 0.15) is 30.1 Å². The van der Waals surface area contributed by atoms with Gasteiger partial charge in [-0.15, -0.1) is 10.2 Å². The van der Waals surface area contributed by atoms with Gasteiger partial charge in [0, 0.05) is 11.8 Å². The summed E-state index contributed by atoms with van der Waals surface area (Å²) >= 11 is 1.34. The average molecular weight is 418 g/mol. The van der Waals surface area contributed by atoms with Gasteiger partial charge in [0.05, 0.1) is 5.75 Å². The van der Waals surface area contributed by atoms with E-state index in [0.29, 0.717) is 40.2 Å². The Balaban J connectivity index is 1.31. The van der Waals surface area contributed by atoms with E-state index in [2.05, 4.69) is 39.2 Å². The van der Waals surface area contributed by atoms with Crippen molar-refractivity contribution in [2.75, 3.05) is 0 Å². The summed E-state index contributed by atoms with van der Waals surface area (Å²) in [6.07, 6.45) is 0.666. The molecule has 1 atom stereocenters. The molecule has 0 amide bonds. The fraction of sp³-hybridized carbons (Fsp3) is 0.182. The molecule has 0 aliphatic heterocycles. The van der Waals surface area contributed by atoms with Gasteiger partial charge in [-0.3, -0.25) is 4.79 Å². The normalized spacial score (nSPS) is 12.6. The highest BCUT2D eigenvalue weighted by molar-refractivity contribution is 7.98. The molecule has 2 aromatic carbocycles. The zero-order valence-corrected chi connectivity index (χ0v) is 17.0. The monoisotopic (exact) mass is 418 g/mol. The van der Waals surface area contributed by atoms with Crippen LogP contribution in [0.25, 0.3) is 22.1 Å². The minimum atomic E-state index is -0.297. The van der Waals surface area contributed by atoms with Crippen molar-refractivity contribution in [3.05, 3.63) is 82.2 Å². The molecule has 150 valence electrons. The number of rotatable bonds is 6. The molecule has 0 saturated carbocycles. The zero-order valence-electron chi connectivity index (χ0n) is 16.2. The maximum Gasteiger partial charge on any atom is 0.294 e. The Hall–Kier alpha value is -3.39. The van der Waals surface area contributed by atoms with E-state index < -0.39 is 0 Å². The quantitative estimate of drug-likeness (QED) is 0.399. The summed E-state index contributed by atoms with van der Waals surface area (Å²) in [6.45, 7) is 2.13. The van der Waals surface area contributed by atoms with E-state index in [1.54, 1.807) is 0 Å². The number of furan rings is 1. The smallest absolute Gasteiger partial charge is 0.294 e. The lowest BCUT2D eigenvalue weighted by molar-refractivity contribution is 0.404. The van der Waals surface area contributed by atoms with Gasteiger partial charge >= 0.3 is 0 Å². The third-order valence-corrected chi connectivity index (χ3v) is 5.74. The molecule has 8 heteroatoms. The first-order valence-electron chi connectivity index (χ1n) is 9.58. The SMILES string of the molecule is CC(Cc1nnc(SCc2nc3c(oc4ccccc43)c(=O)[nH]2)o1)c1ccccc1. The third kappa shape index (κ3) is 3.61. The van der Waals surface area contributed by atoms with Crippen LogP contribution in [-0.2, 0) is 12.2 Å². The number of benzene rings is 2. The standard InChI is InChI=1S/C22H18N4O3S/c1-13(14-7-3-2-4-8-14)11-18-25-26-22(29-18)30-12-17-23-19-15-9-5-6-10-16(15)28-20(19)21(27)24-17/h2-10,13H,11-12H2,1H3,(H,23,24,27). The van der Waals surface area contributed by atoms with Crippen LogP contribution < -0.4 is 5.56 Å². The van der Waals surface area contributed by atoms with E-state index in [-0.39, 0.29) is 17.1 Å². The molecule has 1 N–H and O–H groups in total. The van der Waals surface area contributed by atoms with Crippen molar-refractivity contribution in [2.45, 2.75) is 30.2 Å². The Morgan fingerprint density at radius 1 is 1.03 bits per heavy atom. The van der Waals surface area contributed by atoms with Crippen LogP contribution >= 0.6 is 11.8 Å². The summed E-state index contributed by atoms with van der Waals surface area (Å²) < 4.78 is 11.4. The Morgan fingerprint density at radius 3 is 2.70 bits per heavy atom. The summed E-state index contributed by atoms with van der Waals surface area (Å²) in [5.41, 5.74) is 2.37. The Labute approximate surface area is 175 Å². The maximum absolute atomic E-state index is 12.4. The summed E-state index contributed by atoms with van der Waals surface area (Å²) in [5, 5.41) is 9.53. The van der Waals surface area contributed by atoms with Crippen molar-refractivity contribution < 1.29 is 8.83 Å². The first kappa shape index (κ1) is 18.6. The number of thioether (sulfide) groups is 1. The van der Waals surface area contributed by atoms with Crippen LogP contribution in [0.2, 0.25) is 0 Å². The van der Waals surface area contributed by atoms with Crippen molar-refractivity contribution in [2.24, 2.45) is 0 Å². The molecule has 0 radical (unpaired) electrons. The molecule has 0 saturated heterocycles. The van der Waals surface area contributed by atoms with Gasteiger partial charge < -0.3 is 13.8 Å². The van der Waals surface area contributed by atoms with Gasteiger partial charge in [-0.25, -0.2) is 4.98 Å². The van der Waals surface area contributed by atoms with E-state index >= 15 is 0 Å². The molecule has 0 aliphatic rings. The molecule has 0 fully saturated rings. The summed E-state index contributed by atoms with van der Waals surface area (Å²) in [7, 11) is 0. The molecular weight excluding hydrogens is 400 g/mol. The second-order valence-corrected chi connectivity index (χ2v) is 7.98. The maximum atomic E-state index is 12.4. The van der Waals surface area contributed by atoms with Crippen molar-refractivity contribution in [1.82, 2.24) is 20.2 Å². The number of H-pyrrole nitrogens is 1. The van der Waals surface area contributed by atoms with Crippen LogP contribution in [0.4, 0.5) is 0 Å². The van der Waals surface area contributed by atoms with Crippen LogP contribution in [0.5, 0.6) is 0 Å². The third-order valence-electron chi connectivity index (χ3n) is 4.91. The van der Waals surface area contributed by atoms with Crippen LogP contribution in [0.3, 0.4) is 0 Å². The van der Waals surface area contributed by atoms with Gasteiger partial charge in [0.25, 0.3) is 10.8 Å². The first-order valence-corrected chi connectivity index (χ1v) is 10.6. The van der Waals surface area contributed by atoms with E-state index in [9.17, 15) is 4.79 Å². The van der Waals surface area contributed by atoms with E-state index in [1.165, 1.54) is 17.3 Å². The fourth-order valence-corrected chi connectivity index (χ4v) is 4.04. The minimum absolute atomic E-state index is 0.236. The predicted octanol–water partition coefficient (Wildman–Crippen LogP) is 4.69. The molecule has 7 nitrogen and oxygen atoms in total. The second kappa shape index (κ2) is 7.79. The van der Waals surface area contributed by atoms with Gasteiger partial charge in [-0.1, -0.05) is 61.2 Å². The molecule has 1 unspecified atom stereocenters. The molecule has 0 aliphatic carbocycles. The van der Waals surface area contributed by atoms with Gasteiger partial charge in [-0.05, 0) is 23.6 Å². The van der Waals surface area contributed by atoms with Gasteiger partial charge in [0.2, 0.25) is 11.5 Å². The van der Waals surface area contributed by atoms with Gasteiger partial charge in [-0.2, -0.15) is 0 Å². The molecule has 5 rings (SSSR count). The summed E-state index contributed by atoms with van der Waals surface area (Å²) in [5.74, 6) is 1.80. The second-order valence-electron chi connectivity index (χ2n) is 7.05. The molecule has 30 heavy (non-hydrogen) atoms. The van der Waals surface area contributed by atoms with Crippen LogP contribution in [0.15, 0.2) is 73.4 Å². The molecular formula is C22H18N4O3S. The van der Waals surface area contributed by atoms with E-state index in [0.717, 1.165) is 5.39 Å². The minimum Gasteiger partial charge on any atom is -0.449 e. The Morgan fingerprint density at radius 2 is 1.83 bits per heavy atom. The van der Waals surface area contributed by atoms with E-state index in [1.807, 2.05) is 42.5 Å². The zero-order chi connectivity index (χ0) is 20.5. The number of aromatic nitrogens is 4. The largest absolute Gasteiger partial charge is 0.449 e.